The van der Waals surface area contributed by atoms with Gasteiger partial charge in [-0.3, -0.25) is 4.98 Å². The van der Waals surface area contributed by atoms with E-state index in [0.717, 1.165) is 12.1 Å². The fraction of sp³-hybridized carbons (Fsp3) is 0.233. The topological polar surface area (TPSA) is 12.9 Å². The Bertz CT molecular complexity index is 1190. The van der Waals surface area contributed by atoms with Crippen molar-refractivity contribution in [3.63, 3.8) is 0 Å². The fourth-order valence-electron chi connectivity index (χ4n) is 4.37. The maximum absolute atomic E-state index is 4.96. The van der Waals surface area contributed by atoms with Gasteiger partial charge in [-0.25, -0.2) is 0 Å². The largest absolute Gasteiger partial charge is 0.256 e. The highest BCUT2D eigenvalue weighted by Crippen LogP contribution is 2.35. The SMILES string of the molecule is CC(C)Cc1cc(-c2ccc(-c3ccccc3)c(-c3ccccc3)c2)ncc1[Si](C)(C)C. The predicted molar refractivity (Wildman–Crippen MR) is 142 cm³/mol. The van der Waals surface area contributed by atoms with E-state index in [9.17, 15) is 0 Å². The highest BCUT2D eigenvalue weighted by Gasteiger charge is 2.22. The van der Waals surface area contributed by atoms with Crippen LogP contribution in [0.5, 0.6) is 0 Å². The number of hydrogen-bond donors (Lipinski definition) is 0. The lowest BCUT2D eigenvalue weighted by molar-refractivity contribution is 0.649. The zero-order valence-corrected chi connectivity index (χ0v) is 20.9. The zero-order chi connectivity index (χ0) is 22.7. The van der Waals surface area contributed by atoms with Gasteiger partial charge in [-0.15, -0.1) is 0 Å². The molecule has 0 saturated carbocycles. The quantitative estimate of drug-likeness (QED) is 0.281. The summed E-state index contributed by atoms with van der Waals surface area (Å²) in [6, 6.07) is 30.5. The average molecular weight is 436 g/mol. The van der Waals surface area contributed by atoms with Gasteiger partial charge < -0.3 is 0 Å². The lowest BCUT2D eigenvalue weighted by Crippen LogP contribution is -2.40. The van der Waals surface area contributed by atoms with Crippen LogP contribution in [0.3, 0.4) is 0 Å². The summed E-state index contributed by atoms with van der Waals surface area (Å²) in [4.78, 5) is 4.96. The van der Waals surface area contributed by atoms with Crippen molar-refractivity contribution >= 4 is 13.3 Å². The number of nitrogens with zero attached hydrogens (tertiary/aromatic N) is 1. The monoisotopic (exact) mass is 435 g/mol. The van der Waals surface area contributed by atoms with Gasteiger partial charge in [0.1, 0.15) is 0 Å². The zero-order valence-electron chi connectivity index (χ0n) is 19.9. The summed E-state index contributed by atoms with van der Waals surface area (Å²) in [5, 5.41) is 1.49. The van der Waals surface area contributed by atoms with Crippen LogP contribution in [0, 0.1) is 5.92 Å². The summed E-state index contributed by atoms with van der Waals surface area (Å²) in [7, 11) is -1.45. The molecule has 1 nitrogen and oxygen atoms in total. The maximum Gasteiger partial charge on any atom is 0.0799 e. The van der Waals surface area contributed by atoms with E-state index in [2.05, 4.69) is 125 Å². The van der Waals surface area contributed by atoms with Crippen molar-refractivity contribution in [2.45, 2.75) is 39.9 Å². The number of pyridine rings is 1. The van der Waals surface area contributed by atoms with Crippen LogP contribution in [0.1, 0.15) is 19.4 Å². The predicted octanol–water partition coefficient (Wildman–Crippen LogP) is 7.83. The van der Waals surface area contributed by atoms with E-state index in [-0.39, 0.29) is 0 Å². The molecule has 0 unspecified atom stereocenters. The van der Waals surface area contributed by atoms with Crippen LogP contribution >= 0.6 is 0 Å². The molecule has 1 heterocycles. The van der Waals surface area contributed by atoms with Gasteiger partial charge in [-0.1, -0.05) is 106 Å². The highest BCUT2D eigenvalue weighted by molar-refractivity contribution is 6.89. The van der Waals surface area contributed by atoms with Gasteiger partial charge in [0.05, 0.1) is 13.8 Å². The van der Waals surface area contributed by atoms with Crippen molar-refractivity contribution in [3.8, 4) is 33.5 Å². The first kappa shape index (κ1) is 22.2. The second-order valence-electron chi connectivity index (χ2n) is 10.1. The summed E-state index contributed by atoms with van der Waals surface area (Å²) in [5.74, 6) is 0.626. The average Bonchev–Trinajstić information content (AvgIpc) is 2.79. The molecule has 4 rings (SSSR count). The molecule has 0 N–H and O–H groups in total. The molecule has 2 heteroatoms. The smallest absolute Gasteiger partial charge is 0.0799 e. The first-order valence-electron chi connectivity index (χ1n) is 11.6. The van der Waals surface area contributed by atoms with Crippen molar-refractivity contribution in [3.05, 3.63) is 96.7 Å². The van der Waals surface area contributed by atoms with Crippen LogP contribution in [0.15, 0.2) is 91.1 Å². The number of aromatic nitrogens is 1. The minimum atomic E-state index is -1.45. The molecule has 0 atom stereocenters. The van der Waals surface area contributed by atoms with Crippen molar-refractivity contribution in [2.24, 2.45) is 5.92 Å². The van der Waals surface area contributed by atoms with Crippen molar-refractivity contribution in [2.75, 3.05) is 0 Å². The van der Waals surface area contributed by atoms with Crippen molar-refractivity contribution in [1.82, 2.24) is 4.98 Å². The number of hydrogen-bond acceptors (Lipinski definition) is 1. The summed E-state index contributed by atoms with van der Waals surface area (Å²) in [6.45, 7) is 11.8. The van der Waals surface area contributed by atoms with Crippen LogP contribution in [-0.2, 0) is 6.42 Å². The molecule has 0 bridgehead atoms. The van der Waals surface area contributed by atoms with Crippen molar-refractivity contribution in [1.29, 1.82) is 0 Å². The molecular weight excluding hydrogens is 402 g/mol. The molecule has 162 valence electrons. The van der Waals surface area contributed by atoms with Gasteiger partial charge in [0.15, 0.2) is 0 Å². The molecule has 0 fully saturated rings. The highest BCUT2D eigenvalue weighted by atomic mass is 28.3. The van der Waals surface area contributed by atoms with Crippen LogP contribution in [0.2, 0.25) is 19.6 Å². The number of benzene rings is 3. The van der Waals surface area contributed by atoms with E-state index < -0.39 is 8.07 Å². The lowest BCUT2D eigenvalue weighted by atomic mass is 9.91. The summed E-state index contributed by atoms with van der Waals surface area (Å²) < 4.78 is 0. The second kappa shape index (κ2) is 9.26. The molecule has 4 aromatic rings. The Kier molecular flexibility index (Phi) is 6.43. The standard InChI is InChI=1S/C30H33NSi/c1-22(2)18-26-20-29(31-21-30(26)32(3,4)5)25-16-17-27(23-12-8-6-9-13-23)28(19-25)24-14-10-7-11-15-24/h6-17,19-22H,18H2,1-5H3. The van der Waals surface area contributed by atoms with Gasteiger partial charge in [0.2, 0.25) is 0 Å². The Labute approximate surface area is 194 Å². The van der Waals surface area contributed by atoms with Gasteiger partial charge in [-0.2, -0.15) is 0 Å². The van der Waals surface area contributed by atoms with Gasteiger partial charge in [-0.05, 0) is 57.5 Å². The van der Waals surface area contributed by atoms with Crippen LogP contribution in [0.4, 0.5) is 0 Å². The summed E-state index contributed by atoms with van der Waals surface area (Å²) in [6.07, 6.45) is 3.26. The molecule has 0 aliphatic carbocycles. The molecule has 32 heavy (non-hydrogen) atoms. The summed E-state index contributed by atoms with van der Waals surface area (Å²) in [5.41, 5.74) is 8.68. The van der Waals surface area contributed by atoms with E-state index >= 15 is 0 Å². The molecule has 1 aromatic heterocycles. The molecule has 3 aromatic carbocycles. The Hall–Kier alpha value is -2.97. The third-order valence-electron chi connectivity index (χ3n) is 5.91. The minimum absolute atomic E-state index is 0.626. The normalized spacial score (nSPS) is 11.7. The van der Waals surface area contributed by atoms with E-state index in [1.807, 2.05) is 0 Å². The Morgan fingerprint density at radius 1 is 0.688 bits per heavy atom. The maximum atomic E-state index is 4.96. The molecule has 0 aliphatic rings. The van der Waals surface area contributed by atoms with Gasteiger partial charge in [0, 0.05) is 11.8 Å². The lowest BCUT2D eigenvalue weighted by Gasteiger charge is -2.22. The molecule has 0 radical (unpaired) electrons. The molecule has 0 aliphatic heterocycles. The number of rotatable bonds is 6. The fourth-order valence-corrected chi connectivity index (χ4v) is 5.96. The molecular formula is C30H33NSi. The van der Waals surface area contributed by atoms with E-state index in [1.54, 1.807) is 0 Å². The van der Waals surface area contributed by atoms with Crippen molar-refractivity contribution < 1.29 is 0 Å². The van der Waals surface area contributed by atoms with Gasteiger partial charge in [0.25, 0.3) is 0 Å². The first-order valence-corrected chi connectivity index (χ1v) is 15.1. The van der Waals surface area contributed by atoms with Crippen LogP contribution < -0.4 is 5.19 Å². The first-order chi connectivity index (χ1) is 15.3. The van der Waals surface area contributed by atoms with E-state index in [1.165, 1.54) is 38.6 Å². The van der Waals surface area contributed by atoms with E-state index in [0.29, 0.717) is 5.92 Å². The summed E-state index contributed by atoms with van der Waals surface area (Å²) >= 11 is 0. The minimum Gasteiger partial charge on any atom is -0.256 e. The Balaban J connectivity index is 1.86. The Morgan fingerprint density at radius 3 is 1.84 bits per heavy atom. The Morgan fingerprint density at radius 2 is 1.28 bits per heavy atom. The van der Waals surface area contributed by atoms with E-state index in [4.69, 9.17) is 4.98 Å². The second-order valence-corrected chi connectivity index (χ2v) is 15.1. The molecule has 0 spiro atoms. The van der Waals surface area contributed by atoms with Crippen LogP contribution in [-0.4, -0.2) is 13.1 Å². The molecule has 0 saturated heterocycles. The molecule has 0 amide bonds. The van der Waals surface area contributed by atoms with Crippen LogP contribution in [0.25, 0.3) is 33.5 Å². The van der Waals surface area contributed by atoms with Gasteiger partial charge >= 0.3 is 0 Å². The third kappa shape index (κ3) is 4.92. The third-order valence-corrected chi connectivity index (χ3v) is 7.98.